The molecule has 1 amide bonds. The summed E-state index contributed by atoms with van der Waals surface area (Å²) < 4.78 is 10.7. The van der Waals surface area contributed by atoms with Crippen LogP contribution >= 0.6 is 0 Å². The van der Waals surface area contributed by atoms with E-state index in [1.165, 1.54) is 11.8 Å². The van der Waals surface area contributed by atoms with Gasteiger partial charge in [-0.05, 0) is 19.1 Å². The molecule has 3 rings (SSSR count). The highest BCUT2D eigenvalue weighted by molar-refractivity contribution is 5.78. The van der Waals surface area contributed by atoms with Crippen LogP contribution in [0, 0.1) is 6.92 Å². The van der Waals surface area contributed by atoms with Crippen LogP contribution in [0.1, 0.15) is 24.1 Å². The Morgan fingerprint density at radius 2 is 2.00 bits per heavy atom. The fourth-order valence-electron chi connectivity index (χ4n) is 2.63. The average molecular weight is 300 g/mol. The van der Waals surface area contributed by atoms with E-state index in [1.54, 1.807) is 6.07 Å². The quantitative estimate of drug-likeness (QED) is 0.871. The molecule has 5 nitrogen and oxygen atoms in total. The topological polar surface area (TPSA) is 55.6 Å². The number of hydrogen-bond donors (Lipinski definition) is 0. The predicted molar refractivity (Wildman–Crippen MR) is 81.6 cm³/mol. The molecule has 1 fully saturated rings. The third kappa shape index (κ3) is 3.67. The fraction of sp³-hybridized carbons (Fsp3) is 0.412. The molecule has 116 valence electrons. The largest absolute Gasteiger partial charge is 0.490 e. The number of piperidine rings is 1. The number of aromatic nitrogens is 1. The number of carbonyl (C=O) groups is 1. The first kappa shape index (κ1) is 14.6. The van der Waals surface area contributed by atoms with Crippen molar-refractivity contribution in [3.05, 3.63) is 47.9 Å². The van der Waals surface area contributed by atoms with E-state index in [2.05, 4.69) is 12.1 Å². The van der Waals surface area contributed by atoms with Gasteiger partial charge in [-0.1, -0.05) is 22.9 Å². The molecule has 1 aliphatic rings. The maximum Gasteiger partial charge on any atom is 0.228 e. The summed E-state index contributed by atoms with van der Waals surface area (Å²) in [4.78, 5) is 14.1. The van der Waals surface area contributed by atoms with Crippen molar-refractivity contribution in [2.24, 2.45) is 0 Å². The van der Waals surface area contributed by atoms with Gasteiger partial charge >= 0.3 is 0 Å². The summed E-state index contributed by atoms with van der Waals surface area (Å²) in [6, 6.07) is 9.82. The number of rotatable bonds is 4. The van der Waals surface area contributed by atoms with Gasteiger partial charge in [0.15, 0.2) is 0 Å². The van der Waals surface area contributed by atoms with Crippen molar-refractivity contribution in [3.8, 4) is 5.75 Å². The van der Waals surface area contributed by atoms with Crippen molar-refractivity contribution < 1.29 is 14.1 Å². The normalized spacial score (nSPS) is 15.8. The molecule has 1 saturated heterocycles. The number of hydrogen-bond acceptors (Lipinski definition) is 4. The van der Waals surface area contributed by atoms with Gasteiger partial charge in [0.25, 0.3) is 0 Å². The first-order valence-corrected chi connectivity index (χ1v) is 7.61. The summed E-state index contributed by atoms with van der Waals surface area (Å²) in [5, 5.41) is 3.78. The Morgan fingerprint density at radius 1 is 1.27 bits per heavy atom. The molecule has 0 atom stereocenters. The van der Waals surface area contributed by atoms with Gasteiger partial charge < -0.3 is 14.2 Å². The van der Waals surface area contributed by atoms with Crippen molar-refractivity contribution >= 4 is 5.91 Å². The fourth-order valence-corrected chi connectivity index (χ4v) is 2.63. The molecule has 22 heavy (non-hydrogen) atoms. The lowest BCUT2D eigenvalue weighted by Crippen LogP contribution is -2.42. The molecule has 2 heterocycles. The third-order valence-electron chi connectivity index (χ3n) is 3.94. The summed E-state index contributed by atoms with van der Waals surface area (Å²) in [7, 11) is 0. The van der Waals surface area contributed by atoms with Crippen molar-refractivity contribution in [1.82, 2.24) is 10.1 Å². The highest BCUT2D eigenvalue weighted by Crippen LogP contribution is 2.20. The summed E-state index contributed by atoms with van der Waals surface area (Å²) >= 11 is 0. The predicted octanol–water partition coefficient (Wildman–Crippen LogP) is 2.60. The Morgan fingerprint density at radius 3 is 2.64 bits per heavy atom. The minimum absolute atomic E-state index is 0.0997. The van der Waals surface area contributed by atoms with Gasteiger partial charge in [0.2, 0.25) is 5.91 Å². The Balaban J connectivity index is 1.47. The van der Waals surface area contributed by atoms with E-state index in [9.17, 15) is 4.79 Å². The summed E-state index contributed by atoms with van der Waals surface area (Å²) in [5.74, 6) is 1.00. The number of nitrogens with zero attached hydrogens (tertiary/aromatic N) is 2. The maximum absolute atomic E-state index is 12.2. The minimum Gasteiger partial charge on any atom is -0.490 e. The lowest BCUT2D eigenvalue weighted by Gasteiger charge is -2.32. The molecule has 0 bridgehead atoms. The van der Waals surface area contributed by atoms with Crippen LogP contribution in [0.2, 0.25) is 0 Å². The lowest BCUT2D eigenvalue weighted by molar-refractivity contribution is -0.132. The number of aryl methyl sites for hydroxylation is 1. The number of carbonyl (C=O) groups excluding carboxylic acids is 1. The third-order valence-corrected chi connectivity index (χ3v) is 3.94. The first-order chi connectivity index (χ1) is 10.7. The number of benzene rings is 1. The standard InChI is InChI=1S/C17H20N2O3/c1-13-2-4-15(5-3-13)22-16-6-9-19(10-7-16)17(20)12-14-8-11-21-18-14/h2-5,8,11,16H,6-7,9-10,12H2,1H3. The van der Waals surface area contributed by atoms with Crippen LogP contribution in [-0.4, -0.2) is 35.2 Å². The summed E-state index contributed by atoms with van der Waals surface area (Å²) in [6.07, 6.45) is 3.69. The summed E-state index contributed by atoms with van der Waals surface area (Å²) in [5.41, 5.74) is 1.91. The minimum atomic E-state index is 0.0997. The molecule has 0 aliphatic carbocycles. The van der Waals surface area contributed by atoms with E-state index in [1.807, 2.05) is 29.2 Å². The van der Waals surface area contributed by atoms with Crippen LogP contribution in [0.25, 0.3) is 0 Å². The number of ether oxygens (including phenoxy) is 1. The van der Waals surface area contributed by atoms with Crippen molar-refractivity contribution in [3.63, 3.8) is 0 Å². The highest BCUT2D eigenvalue weighted by Gasteiger charge is 2.24. The molecule has 0 N–H and O–H groups in total. The van der Waals surface area contributed by atoms with Crippen molar-refractivity contribution in [1.29, 1.82) is 0 Å². The lowest BCUT2D eigenvalue weighted by atomic mass is 10.1. The van der Waals surface area contributed by atoms with Crippen molar-refractivity contribution in [2.45, 2.75) is 32.3 Å². The molecular formula is C17H20N2O3. The van der Waals surface area contributed by atoms with E-state index < -0.39 is 0 Å². The molecule has 1 aromatic carbocycles. The van der Waals surface area contributed by atoms with E-state index in [4.69, 9.17) is 9.26 Å². The van der Waals surface area contributed by atoms with E-state index >= 15 is 0 Å². The number of amides is 1. The highest BCUT2D eigenvalue weighted by atomic mass is 16.5. The van der Waals surface area contributed by atoms with Gasteiger partial charge in [-0.3, -0.25) is 4.79 Å². The number of likely N-dealkylation sites (tertiary alicyclic amines) is 1. The van der Waals surface area contributed by atoms with Gasteiger partial charge in [-0.25, -0.2) is 0 Å². The Hall–Kier alpha value is -2.30. The van der Waals surface area contributed by atoms with Gasteiger partial charge in [-0.2, -0.15) is 0 Å². The van der Waals surface area contributed by atoms with Crippen LogP contribution in [0.4, 0.5) is 0 Å². The zero-order chi connectivity index (χ0) is 15.4. The molecule has 0 spiro atoms. The zero-order valence-corrected chi connectivity index (χ0v) is 12.7. The van der Waals surface area contributed by atoms with Crippen LogP contribution < -0.4 is 4.74 Å². The van der Waals surface area contributed by atoms with E-state index in [0.717, 1.165) is 31.7 Å². The van der Waals surface area contributed by atoms with Gasteiger partial charge in [0.05, 0.1) is 12.1 Å². The van der Waals surface area contributed by atoms with Crippen LogP contribution in [0.15, 0.2) is 41.1 Å². The van der Waals surface area contributed by atoms with Gasteiger partial charge in [0.1, 0.15) is 18.1 Å². The van der Waals surface area contributed by atoms with Crippen LogP contribution in [-0.2, 0) is 11.2 Å². The SMILES string of the molecule is Cc1ccc(OC2CCN(C(=O)Cc3ccon3)CC2)cc1. The molecular weight excluding hydrogens is 280 g/mol. The molecule has 0 saturated carbocycles. The Kier molecular flexibility index (Phi) is 4.42. The summed E-state index contributed by atoms with van der Waals surface area (Å²) in [6.45, 7) is 3.52. The molecule has 2 aromatic rings. The second-order valence-corrected chi connectivity index (χ2v) is 5.68. The van der Waals surface area contributed by atoms with E-state index in [-0.39, 0.29) is 12.0 Å². The zero-order valence-electron chi connectivity index (χ0n) is 12.7. The van der Waals surface area contributed by atoms with Gasteiger partial charge in [-0.15, -0.1) is 0 Å². The molecule has 5 heteroatoms. The van der Waals surface area contributed by atoms with Crippen molar-refractivity contribution in [2.75, 3.05) is 13.1 Å². The monoisotopic (exact) mass is 300 g/mol. The second-order valence-electron chi connectivity index (χ2n) is 5.68. The Labute approximate surface area is 129 Å². The van der Waals surface area contributed by atoms with Crippen LogP contribution in [0.5, 0.6) is 5.75 Å². The smallest absolute Gasteiger partial charge is 0.228 e. The average Bonchev–Trinajstić information content (AvgIpc) is 3.03. The molecule has 1 aliphatic heterocycles. The Bertz CT molecular complexity index is 599. The van der Waals surface area contributed by atoms with Crippen LogP contribution in [0.3, 0.4) is 0 Å². The molecule has 1 aromatic heterocycles. The van der Waals surface area contributed by atoms with Gasteiger partial charge in [0, 0.05) is 32.0 Å². The molecule has 0 radical (unpaired) electrons. The molecule has 0 unspecified atom stereocenters. The first-order valence-electron chi connectivity index (χ1n) is 7.61. The van der Waals surface area contributed by atoms with E-state index in [0.29, 0.717) is 12.1 Å². The second kappa shape index (κ2) is 6.64. The maximum atomic E-state index is 12.2.